The van der Waals surface area contributed by atoms with Gasteiger partial charge < -0.3 is 0 Å². The summed E-state index contributed by atoms with van der Waals surface area (Å²) in [5, 5.41) is 0. The third kappa shape index (κ3) is 3.77. The second-order valence-electron chi connectivity index (χ2n) is 4.57. The minimum absolute atomic E-state index is 0.0599. The molecule has 20 heavy (non-hydrogen) atoms. The summed E-state index contributed by atoms with van der Waals surface area (Å²) in [5.41, 5.74) is 0. The molecule has 0 fully saturated rings. The van der Waals surface area contributed by atoms with Gasteiger partial charge in [-0.3, -0.25) is 0 Å². The van der Waals surface area contributed by atoms with Gasteiger partial charge >= 0.3 is 10.2 Å². The summed E-state index contributed by atoms with van der Waals surface area (Å²) < 4.78 is 60.0. The van der Waals surface area contributed by atoms with E-state index < -0.39 is 25.1 Å². The molecule has 0 aromatic heterocycles. The SMILES string of the molecule is CCCC(C)N(C)S(=O)(=O)c1ccc(S(=O)(=O)F)cc1. The molecular formula is C12H18FNO4S2. The number of rotatable bonds is 6. The van der Waals surface area contributed by atoms with E-state index in [9.17, 15) is 20.7 Å². The maximum atomic E-state index is 12.7. The van der Waals surface area contributed by atoms with E-state index in [4.69, 9.17) is 0 Å². The number of nitrogens with zero attached hydrogens (tertiary/aromatic N) is 1. The van der Waals surface area contributed by atoms with Gasteiger partial charge in [-0.1, -0.05) is 13.3 Å². The lowest BCUT2D eigenvalue weighted by Gasteiger charge is -2.24. The minimum Gasteiger partial charge on any atom is -0.207 e. The number of sulfonamides is 1. The quantitative estimate of drug-likeness (QED) is 0.752. The Bertz CT molecular complexity index is 653. The van der Waals surface area contributed by atoms with Crippen LogP contribution >= 0.6 is 0 Å². The fraction of sp³-hybridized carbons (Fsp3) is 0.500. The molecule has 0 amide bonds. The number of hydrogen-bond donors (Lipinski definition) is 0. The van der Waals surface area contributed by atoms with Crippen molar-refractivity contribution in [2.75, 3.05) is 7.05 Å². The van der Waals surface area contributed by atoms with E-state index in [1.54, 1.807) is 6.92 Å². The zero-order valence-corrected chi connectivity index (χ0v) is 13.2. The second kappa shape index (κ2) is 6.19. The summed E-state index contributed by atoms with van der Waals surface area (Å²) in [6.07, 6.45) is 1.56. The van der Waals surface area contributed by atoms with Gasteiger partial charge in [0.1, 0.15) is 0 Å². The smallest absolute Gasteiger partial charge is 0.207 e. The molecule has 8 heteroatoms. The molecule has 1 aromatic carbocycles. The van der Waals surface area contributed by atoms with Crippen LogP contribution in [0.15, 0.2) is 34.1 Å². The van der Waals surface area contributed by atoms with Gasteiger partial charge in [0.25, 0.3) is 0 Å². The van der Waals surface area contributed by atoms with Crippen molar-refractivity contribution >= 4 is 20.2 Å². The molecule has 0 radical (unpaired) electrons. The van der Waals surface area contributed by atoms with Crippen LogP contribution in [-0.2, 0) is 20.2 Å². The Balaban J connectivity index is 3.11. The highest BCUT2D eigenvalue weighted by Gasteiger charge is 2.25. The predicted molar refractivity (Wildman–Crippen MR) is 74.1 cm³/mol. The van der Waals surface area contributed by atoms with E-state index in [1.165, 1.54) is 11.4 Å². The van der Waals surface area contributed by atoms with Crippen LogP contribution < -0.4 is 0 Å². The molecular weight excluding hydrogens is 305 g/mol. The molecule has 0 aliphatic carbocycles. The molecule has 0 aliphatic heterocycles. The highest BCUT2D eigenvalue weighted by Crippen LogP contribution is 2.21. The summed E-state index contributed by atoms with van der Waals surface area (Å²) >= 11 is 0. The summed E-state index contributed by atoms with van der Waals surface area (Å²) in [7, 11) is -7.06. The van der Waals surface area contributed by atoms with Crippen LogP contribution in [0.2, 0.25) is 0 Å². The highest BCUT2D eigenvalue weighted by atomic mass is 32.3. The van der Waals surface area contributed by atoms with Crippen molar-refractivity contribution < 1.29 is 20.7 Å². The van der Waals surface area contributed by atoms with E-state index in [-0.39, 0.29) is 10.9 Å². The van der Waals surface area contributed by atoms with E-state index in [1.807, 2.05) is 6.92 Å². The van der Waals surface area contributed by atoms with Gasteiger partial charge in [0.15, 0.2) is 0 Å². The summed E-state index contributed by atoms with van der Waals surface area (Å²) in [5.74, 6) is 0. The van der Waals surface area contributed by atoms with Gasteiger partial charge in [0.2, 0.25) is 10.0 Å². The van der Waals surface area contributed by atoms with Crippen LogP contribution in [0.4, 0.5) is 3.89 Å². The molecule has 1 rings (SSSR count). The van der Waals surface area contributed by atoms with Gasteiger partial charge in [-0.05, 0) is 37.6 Å². The Kier molecular flexibility index (Phi) is 5.28. The topological polar surface area (TPSA) is 71.5 Å². The lowest BCUT2D eigenvalue weighted by Crippen LogP contribution is -2.34. The molecule has 0 heterocycles. The number of halogens is 1. The molecule has 0 aliphatic rings. The summed E-state index contributed by atoms with van der Waals surface area (Å²) in [6.45, 7) is 3.75. The van der Waals surface area contributed by atoms with E-state index in [0.29, 0.717) is 6.42 Å². The molecule has 1 unspecified atom stereocenters. The van der Waals surface area contributed by atoms with Crippen molar-refractivity contribution in [1.29, 1.82) is 0 Å². The van der Waals surface area contributed by atoms with Gasteiger partial charge in [0, 0.05) is 13.1 Å². The predicted octanol–water partition coefficient (Wildman–Crippen LogP) is 2.15. The number of hydrogen-bond acceptors (Lipinski definition) is 4. The first-order chi connectivity index (χ1) is 9.10. The lowest BCUT2D eigenvalue weighted by atomic mass is 10.2. The summed E-state index contributed by atoms with van der Waals surface area (Å²) in [4.78, 5) is -0.615. The lowest BCUT2D eigenvalue weighted by molar-refractivity contribution is 0.368. The van der Waals surface area contributed by atoms with Crippen LogP contribution in [0, 0.1) is 0 Å². The molecule has 114 valence electrons. The van der Waals surface area contributed by atoms with Gasteiger partial charge in [0.05, 0.1) is 9.79 Å². The maximum Gasteiger partial charge on any atom is 0.332 e. The zero-order valence-electron chi connectivity index (χ0n) is 11.6. The largest absolute Gasteiger partial charge is 0.332 e. The van der Waals surface area contributed by atoms with Crippen LogP contribution in [-0.4, -0.2) is 34.2 Å². The van der Waals surface area contributed by atoms with E-state index in [0.717, 1.165) is 30.7 Å². The van der Waals surface area contributed by atoms with E-state index in [2.05, 4.69) is 0 Å². The number of benzene rings is 1. The highest BCUT2D eigenvalue weighted by molar-refractivity contribution is 7.89. The van der Waals surface area contributed by atoms with Crippen molar-refractivity contribution in [2.45, 2.75) is 42.5 Å². The average molecular weight is 323 g/mol. The van der Waals surface area contributed by atoms with E-state index >= 15 is 0 Å². The molecule has 1 atom stereocenters. The van der Waals surface area contributed by atoms with Crippen molar-refractivity contribution in [2.24, 2.45) is 0 Å². The fourth-order valence-electron chi connectivity index (χ4n) is 1.78. The molecule has 0 saturated carbocycles. The standard InChI is InChI=1S/C12H18FNO4S2/c1-4-5-10(2)14(3)20(17,18)12-8-6-11(7-9-12)19(13,15)16/h6-10H,4-5H2,1-3H3. The Morgan fingerprint density at radius 1 is 1.10 bits per heavy atom. The first-order valence-corrected chi connectivity index (χ1v) is 8.95. The van der Waals surface area contributed by atoms with Crippen molar-refractivity contribution in [3.05, 3.63) is 24.3 Å². The average Bonchev–Trinajstić information content (AvgIpc) is 2.37. The van der Waals surface area contributed by atoms with Crippen molar-refractivity contribution in [3.63, 3.8) is 0 Å². The van der Waals surface area contributed by atoms with Crippen molar-refractivity contribution in [3.8, 4) is 0 Å². The van der Waals surface area contributed by atoms with Crippen LogP contribution in [0.5, 0.6) is 0 Å². The van der Waals surface area contributed by atoms with Crippen LogP contribution in [0.25, 0.3) is 0 Å². The van der Waals surface area contributed by atoms with Crippen LogP contribution in [0.1, 0.15) is 26.7 Å². The summed E-state index contributed by atoms with van der Waals surface area (Å²) in [6, 6.07) is 3.91. The molecule has 0 N–H and O–H groups in total. The van der Waals surface area contributed by atoms with Gasteiger partial charge in [-0.2, -0.15) is 12.7 Å². The second-order valence-corrected chi connectivity index (χ2v) is 7.91. The first-order valence-electron chi connectivity index (χ1n) is 6.13. The Labute approximate surface area is 119 Å². The molecule has 0 saturated heterocycles. The van der Waals surface area contributed by atoms with Gasteiger partial charge in [-0.15, -0.1) is 3.89 Å². The molecule has 1 aromatic rings. The van der Waals surface area contributed by atoms with Crippen LogP contribution in [0.3, 0.4) is 0 Å². The monoisotopic (exact) mass is 323 g/mol. The molecule has 5 nitrogen and oxygen atoms in total. The zero-order chi connectivity index (χ0) is 15.6. The maximum absolute atomic E-state index is 12.7. The minimum atomic E-state index is -4.82. The Morgan fingerprint density at radius 3 is 1.95 bits per heavy atom. The van der Waals surface area contributed by atoms with Crippen molar-refractivity contribution in [1.82, 2.24) is 4.31 Å². The normalized spacial score (nSPS) is 14.4. The fourth-order valence-corrected chi connectivity index (χ4v) is 3.63. The van der Waals surface area contributed by atoms with Gasteiger partial charge in [-0.25, -0.2) is 8.42 Å². The Morgan fingerprint density at radius 2 is 1.55 bits per heavy atom. The first kappa shape index (κ1) is 17.1. The molecule has 0 bridgehead atoms. The third-order valence-electron chi connectivity index (χ3n) is 3.11. The Hall–Kier alpha value is -0.990. The molecule has 0 spiro atoms. The third-order valence-corrected chi connectivity index (χ3v) is 5.93.